The van der Waals surface area contributed by atoms with Gasteiger partial charge >= 0.3 is 0 Å². The lowest BCUT2D eigenvalue weighted by atomic mass is 9.92. The van der Waals surface area contributed by atoms with Crippen molar-refractivity contribution in [1.29, 1.82) is 0 Å². The van der Waals surface area contributed by atoms with Crippen molar-refractivity contribution in [3.8, 4) is 5.75 Å². The van der Waals surface area contributed by atoms with Gasteiger partial charge in [-0.15, -0.1) is 24.8 Å². The van der Waals surface area contributed by atoms with Crippen LogP contribution < -0.4 is 20.1 Å². The van der Waals surface area contributed by atoms with Crippen molar-refractivity contribution >= 4 is 51.4 Å². The Bertz CT molecular complexity index is 1190. The maximum atomic E-state index is 11.3. The number of fused-ring (bicyclic) bond motifs is 1. The van der Waals surface area contributed by atoms with Gasteiger partial charge in [0.05, 0.1) is 12.3 Å². The summed E-state index contributed by atoms with van der Waals surface area (Å²) >= 11 is 0. The summed E-state index contributed by atoms with van der Waals surface area (Å²) in [7, 11) is -3.25. The molecule has 3 aromatic rings. The van der Waals surface area contributed by atoms with Gasteiger partial charge in [0.1, 0.15) is 17.9 Å². The first-order chi connectivity index (χ1) is 15.9. The first-order valence-electron chi connectivity index (χ1n) is 11.4. The highest BCUT2D eigenvalue weighted by molar-refractivity contribution is 7.88. The largest absolute Gasteiger partial charge is 0.490 e. The van der Waals surface area contributed by atoms with Gasteiger partial charge in [0.15, 0.2) is 0 Å². The van der Waals surface area contributed by atoms with Crippen molar-refractivity contribution in [2.45, 2.75) is 38.3 Å². The number of sulfonamides is 1. The second-order valence-electron chi connectivity index (χ2n) is 8.57. The maximum Gasteiger partial charge on any atom is 0.208 e. The zero-order valence-electron chi connectivity index (χ0n) is 20.0. The summed E-state index contributed by atoms with van der Waals surface area (Å²) in [5.41, 5.74) is 3.92. The lowest BCUT2D eigenvalue weighted by Gasteiger charge is -2.33. The number of piperidine rings is 1. The number of aromatic nitrogens is 1. The fourth-order valence-electron chi connectivity index (χ4n) is 4.38. The molecule has 1 fully saturated rings. The third-order valence-corrected chi connectivity index (χ3v) is 6.60. The van der Waals surface area contributed by atoms with E-state index in [0.717, 1.165) is 41.5 Å². The molecule has 0 aliphatic carbocycles. The summed E-state index contributed by atoms with van der Waals surface area (Å²) in [6.45, 7) is 3.44. The fraction of sp³-hybridized carbons (Fsp3) is 0.400. The van der Waals surface area contributed by atoms with E-state index < -0.39 is 10.0 Å². The molecule has 10 heteroatoms. The number of hydrogen-bond donors (Lipinski definition) is 3. The number of ether oxygens (including phenoxy) is 1. The van der Waals surface area contributed by atoms with Crippen molar-refractivity contribution in [2.24, 2.45) is 0 Å². The number of halogens is 2. The van der Waals surface area contributed by atoms with Crippen LogP contribution in [0.3, 0.4) is 0 Å². The smallest absolute Gasteiger partial charge is 0.208 e. The quantitative estimate of drug-likeness (QED) is 0.343. The van der Waals surface area contributed by atoms with Crippen LogP contribution in [0, 0.1) is 6.92 Å². The highest BCUT2D eigenvalue weighted by atomic mass is 35.5. The van der Waals surface area contributed by atoms with E-state index in [1.165, 1.54) is 18.4 Å². The van der Waals surface area contributed by atoms with Gasteiger partial charge in [-0.2, -0.15) is 0 Å². The maximum absolute atomic E-state index is 11.3. The van der Waals surface area contributed by atoms with Crippen LogP contribution in [-0.2, 0) is 10.0 Å². The zero-order chi connectivity index (χ0) is 23.3. The van der Waals surface area contributed by atoms with Crippen LogP contribution in [0.4, 0.5) is 5.69 Å². The molecular weight excluding hydrogens is 507 g/mol. The SMILES string of the molecule is Cc1cc(NC(c2ccccc2)[C@@H]2CCCCN2)c2cccc(OCCNS(C)(=O)=O)c2n1.Cl.Cl. The van der Waals surface area contributed by atoms with E-state index in [0.29, 0.717) is 11.8 Å². The summed E-state index contributed by atoms with van der Waals surface area (Å²) in [5, 5.41) is 8.49. The molecule has 2 atom stereocenters. The summed E-state index contributed by atoms with van der Waals surface area (Å²) in [6, 6.07) is 19.0. The van der Waals surface area contributed by atoms with Gasteiger partial charge in [0, 0.05) is 29.4 Å². The predicted octanol–water partition coefficient (Wildman–Crippen LogP) is 4.61. The van der Waals surface area contributed by atoms with Crippen LogP contribution in [0.25, 0.3) is 10.9 Å². The molecule has 1 aliphatic heterocycles. The monoisotopic (exact) mass is 540 g/mol. The molecule has 0 saturated carbocycles. The second-order valence-corrected chi connectivity index (χ2v) is 10.4. The molecule has 0 bridgehead atoms. The average Bonchev–Trinajstić information content (AvgIpc) is 2.81. The number of para-hydroxylation sites is 1. The molecule has 2 heterocycles. The number of rotatable bonds is 9. The fourth-order valence-corrected chi connectivity index (χ4v) is 4.84. The van der Waals surface area contributed by atoms with Crippen LogP contribution in [0.15, 0.2) is 54.6 Å². The Morgan fingerprint density at radius 2 is 1.89 bits per heavy atom. The second kappa shape index (κ2) is 13.3. The number of nitrogens with zero attached hydrogens (tertiary/aromatic N) is 1. The van der Waals surface area contributed by atoms with Gasteiger partial charge in [-0.05, 0) is 44.0 Å². The van der Waals surface area contributed by atoms with E-state index in [9.17, 15) is 8.42 Å². The van der Waals surface area contributed by atoms with Crippen molar-refractivity contribution < 1.29 is 13.2 Å². The molecule has 0 radical (unpaired) electrons. The van der Waals surface area contributed by atoms with Gasteiger partial charge in [-0.3, -0.25) is 0 Å². The van der Waals surface area contributed by atoms with Gasteiger partial charge in [-0.1, -0.05) is 48.9 Å². The lowest BCUT2D eigenvalue weighted by Crippen LogP contribution is -2.41. The van der Waals surface area contributed by atoms with Crippen LogP contribution in [0.2, 0.25) is 0 Å². The number of aryl methyl sites for hydroxylation is 1. The molecule has 0 spiro atoms. The molecule has 1 aliphatic rings. The zero-order valence-corrected chi connectivity index (χ0v) is 22.4. The van der Waals surface area contributed by atoms with Crippen LogP contribution in [-0.4, -0.2) is 45.4 Å². The van der Waals surface area contributed by atoms with Crippen molar-refractivity contribution in [1.82, 2.24) is 15.0 Å². The van der Waals surface area contributed by atoms with E-state index in [1.807, 2.05) is 31.2 Å². The summed E-state index contributed by atoms with van der Waals surface area (Å²) in [4.78, 5) is 4.74. The Kier molecular flexibility index (Phi) is 11.0. The minimum atomic E-state index is -3.25. The highest BCUT2D eigenvalue weighted by Crippen LogP contribution is 2.34. The van der Waals surface area contributed by atoms with E-state index in [4.69, 9.17) is 9.72 Å². The third-order valence-electron chi connectivity index (χ3n) is 5.87. The third kappa shape index (κ3) is 7.95. The average molecular weight is 542 g/mol. The van der Waals surface area contributed by atoms with Crippen LogP contribution in [0.5, 0.6) is 5.75 Å². The normalized spacial score (nSPS) is 16.6. The van der Waals surface area contributed by atoms with E-state index in [-0.39, 0.29) is 44.0 Å². The molecule has 4 rings (SSSR count). The van der Waals surface area contributed by atoms with Gasteiger partial charge in [-0.25, -0.2) is 18.1 Å². The predicted molar refractivity (Wildman–Crippen MR) is 148 cm³/mol. The lowest BCUT2D eigenvalue weighted by molar-refractivity contribution is 0.326. The molecular formula is C25H34Cl2N4O3S. The number of nitrogens with one attached hydrogen (secondary N) is 3. The Balaban J connectivity index is 0.00000216. The molecule has 1 unspecified atom stereocenters. The molecule has 0 amide bonds. The minimum Gasteiger partial charge on any atom is -0.490 e. The van der Waals surface area contributed by atoms with E-state index >= 15 is 0 Å². The first-order valence-corrected chi connectivity index (χ1v) is 13.3. The van der Waals surface area contributed by atoms with Crippen LogP contribution >= 0.6 is 24.8 Å². The van der Waals surface area contributed by atoms with Crippen molar-refractivity contribution in [2.75, 3.05) is 31.3 Å². The topological polar surface area (TPSA) is 92.4 Å². The standard InChI is InChI=1S/C25H32N4O3S.2ClH/c1-18-17-22(29-24(19-9-4-3-5-10-19)21-12-6-7-14-26-21)20-11-8-13-23(25(20)28-18)32-16-15-27-33(2,30)31;;/h3-5,8-11,13,17,21,24,26-27H,6-7,12,14-16H2,1-2H3,(H,28,29);2*1H/t21-,24?;;/m0../s1. The Morgan fingerprint density at radius 1 is 1.11 bits per heavy atom. The van der Waals surface area contributed by atoms with Gasteiger partial charge in [0.25, 0.3) is 0 Å². The van der Waals surface area contributed by atoms with E-state index in [1.54, 1.807) is 0 Å². The molecule has 1 saturated heterocycles. The summed E-state index contributed by atoms with van der Waals surface area (Å²) in [6.07, 6.45) is 4.69. The van der Waals surface area contributed by atoms with Crippen molar-refractivity contribution in [3.05, 3.63) is 65.9 Å². The number of anilines is 1. The summed E-state index contributed by atoms with van der Waals surface area (Å²) in [5.74, 6) is 0.640. The highest BCUT2D eigenvalue weighted by Gasteiger charge is 2.25. The molecule has 192 valence electrons. The number of pyridine rings is 1. The van der Waals surface area contributed by atoms with Crippen LogP contribution in [0.1, 0.15) is 36.6 Å². The molecule has 1 aromatic heterocycles. The molecule has 35 heavy (non-hydrogen) atoms. The van der Waals surface area contributed by atoms with Gasteiger partial charge < -0.3 is 15.4 Å². The Labute approximate surface area is 220 Å². The number of benzene rings is 2. The molecule has 7 nitrogen and oxygen atoms in total. The molecule has 2 aromatic carbocycles. The van der Waals surface area contributed by atoms with E-state index in [2.05, 4.69) is 45.7 Å². The first kappa shape index (κ1) is 29.1. The van der Waals surface area contributed by atoms with Crippen molar-refractivity contribution in [3.63, 3.8) is 0 Å². The molecule has 3 N–H and O–H groups in total. The summed E-state index contributed by atoms with van der Waals surface area (Å²) < 4.78 is 31.0. The van der Waals surface area contributed by atoms with Gasteiger partial charge in [0.2, 0.25) is 10.0 Å². The Morgan fingerprint density at radius 3 is 2.57 bits per heavy atom. The Hall–Kier alpha value is -2.10. The number of hydrogen-bond acceptors (Lipinski definition) is 6. The minimum absolute atomic E-state index is 0.